The first kappa shape index (κ1) is 13.7. The van der Waals surface area contributed by atoms with E-state index in [9.17, 15) is 0 Å². The van der Waals surface area contributed by atoms with Crippen molar-refractivity contribution in [2.24, 2.45) is 11.7 Å². The highest BCUT2D eigenvalue weighted by Gasteiger charge is 2.27. The first-order chi connectivity index (χ1) is 8.47. The van der Waals surface area contributed by atoms with Crippen LogP contribution in [0.1, 0.15) is 32.8 Å². The molecule has 1 aromatic carbocycles. The molecule has 3 unspecified atom stereocenters. The van der Waals surface area contributed by atoms with Crippen LogP contribution in [0.3, 0.4) is 0 Å². The molecule has 0 aliphatic carbocycles. The monoisotopic (exact) mass is 266 g/mol. The van der Waals surface area contributed by atoms with Gasteiger partial charge < -0.3 is 10.6 Å². The lowest BCUT2D eigenvalue weighted by atomic mass is 10.1. The van der Waals surface area contributed by atoms with Crippen molar-refractivity contribution in [2.45, 2.75) is 45.7 Å². The van der Waals surface area contributed by atoms with E-state index in [0.29, 0.717) is 6.04 Å². The summed E-state index contributed by atoms with van der Waals surface area (Å²) < 4.78 is 0. The first-order valence-corrected chi connectivity index (χ1v) is 7.15. The Bertz CT molecular complexity index is 417. The van der Waals surface area contributed by atoms with Gasteiger partial charge in [-0.25, -0.2) is 0 Å². The van der Waals surface area contributed by atoms with Crippen LogP contribution in [0.5, 0.6) is 0 Å². The molecule has 2 N–H and O–H groups in total. The number of hydrogen-bond acceptors (Lipinski definition) is 2. The quantitative estimate of drug-likeness (QED) is 0.908. The molecule has 0 saturated carbocycles. The fourth-order valence-corrected chi connectivity index (χ4v) is 3.23. The zero-order valence-corrected chi connectivity index (χ0v) is 12.2. The van der Waals surface area contributed by atoms with Gasteiger partial charge in [-0.3, -0.25) is 0 Å². The van der Waals surface area contributed by atoms with E-state index in [-0.39, 0.29) is 6.04 Å². The van der Waals surface area contributed by atoms with Crippen molar-refractivity contribution >= 4 is 17.3 Å². The Morgan fingerprint density at radius 2 is 2.17 bits per heavy atom. The van der Waals surface area contributed by atoms with Gasteiger partial charge in [0.2, 0.25) is 0 Å². The second kappa shape index (κ2) is 5.50. The van der Waals surface area contributed by atoms with E-state index in [1.807, 2.05) is 6.92 Å². The molecule has 3 atom stereocenters. The summed E-state index contributed by atoms with van der Waals surface area (Å²) in [6, 6.07) is 7.12. The van der Waals surface area contributed by atoms with E-state index in [1.165, 1.54) is 17.7 Å². The van der Waals surface area contributed by atoms with E-state index < -0.39 is 0 Å². The Kier molecular flexibility index (Phi) is 4.18. The molecule has 0 bridgehead atoms. The standard InChI is InChI=1S/C15H23ClN2/c1-10-6-12(3)18(9-10)15-5-4-13(7-11(2)17)8-14(15)16/h4-5,8,10-12H,6-7,9,17H2,1-3H3. The average molecular weight is 267 g/mol. The molecule has 2 nitrogen and oxygen atoms in total. The highest BCUT2D eigenvalue weighted by atomic mass is 35.5. The van der Waals surface area contributed by atoms with Gasteiger partial charge in [0.05, 0.1) is 10.7 Å². The Morgan fingerprint density at radius 1 is 1.44 bits per heavy atom. The zero-order valence-electron chi connectivity index (χ0n) is 11.5. The van der Waals surface area contributed by atoms with Crippen LogP contribution in [0, 0.1) is 5.92 Å². The normalized spacial score (nSPS) is 25.5. The molecule has 1 saturated heterocycles. The maximum Gasteiger partial charge on any atom is 0.0642 e. The molecule has 18 heavy (non-hydrogen) atoms. The Labute approximate surface area is 115 Å². The molecule has 1 fully saturated rings. The van der Waals surface area contributed by atoms with Gasteiger partial charge >= 0.3 is 0 Å². The van der Waals surface area contributed by atoms with E-state index in [0.717, 1.165) is 23.9 Å². The molecule has 1 aromatic rings. The molecule has 0 aromatic heterocycles. The van der Waals surface area contributed by atoms with Crippen LogP contribution in [0.25, 0.3) is 0 Å². The van der Waals surface area contributed by atoms with Gasteiger partial charge in [0.1, 0.15) is 0 Å². The van der Waals surface area contributed by atoms with Crippen molar-refractivity contribution in [1.82, 2.24) is 0 Å². The van der Waals surface area contributed by atoms with E-state index in [1.54, 1.807) is 0 Å². The SMILES string of the molecule is CC(N)Cc1ccc(N2CC(C)CC2C)c(Cl)c1. The van der Waals surface area contributed by atoms with Crippen LogP contribution in [0.15, 0.2) is 18.2 Å². The molecule has 1 aliphatic heterocycles. The highest BCUT2D eigenvalue weighted by molar-refractivity contribution is 6.33. The summed E-state index contributed by atoms with van der Waals surface area (Å²) in [5, 5.41) is 0.856. The van der Waals surface area contributed by atoms with E-state index in [2.05, 4.69) is 36.9 Å². The molecule has 0 spiro atoms. The Balaban J connectivity index is 2.19. The first-order valence-electron chi connectivity index (χ1n) is 6.78. The molecule has 100 valence electrons. The molecule has 1 heterocycles. The van der Waals surface area contributed by atoms with Crippen LogP contribution in [0.2, 0.25) is 5.02 Å². The lowest BCUT2D eigenvalue weighted by molar-refractivity contribution is 0.625. The number of halogens is 1. The predicted octanol–water partition coefficient (Wildman–Crippen LogP) is 3.46. The molecular formula is C15H23ClN2. The van der Waals surface area contributed by atoms with Crippen molar-refractivity contribution in [3.05, 3.63) is 28.8 Å². The summed E-state index contributed by atoms with van der Waals surface area (Å²) in [7, 11) is 0. The predicted molar refractivity (Wildman–Crippen MR) is 79.4 cm³/mol. The zero-order chi connectivity index (χ0) is 13.3. The van der Waals surface area contributed by atoms with E-state index >= 15 is 0 Å². The maximum atomic E-state index is 6.42. The smallest absolute Gasteiger partial charge is 0.0642 e. The summed E-state index contributed by atoms with van der Waals surface area (Å²) >= 11 is 6.42. The van der Waals surface area contributed by atoms with Gasteiger partial charge in [0, 0.05) is 18.6 Å². The minimum absolute atomic E-state index is 0.178. The fraction of sp³-hybridized carbons (Fsp3) is 0.600. The van der Waals surface area contributed by atoms with Crippen molar-refractivity contribution in [2.75, 3.05) is 11.4 Å². The third kappa shape index (κ3) is 2.99. The van der Waals surface area contributed by atoms with Gasteiger partial charge in [-0.05, 0) is 50.3 Å². The summed E-state index contributed by atoms with van der Waals surface area (Å²) in [5.41, 5.74) is 8.21. The van der Waals surface area contributed by atoms with Crippen LogP contribution < -0.4 is 10.6 Å². The van der Waals surface area contributed by atoms with Gasteiger partial charge in [-0.1, -0.05) is 24.6 Å². The largest absolute Gasteiger partial charge is 0.367 e. The van der Waals surface area contributed by atoms with Gasteiger partial charge in [-0.15, -0.1) is 0 Å². The van der Waals surface area contributed by atoms with Crippen LogP contribution >= 0.6 is 11.6 Å². The van der Waals surface area contributed by atoms with Crippen molar-refractivity contribution in [1.29, 1.82) is 0 Å². The van der Waals surface area contributed by atoms with Crippen molar-refractivity contribution < 1.29 is 0 Å². The number of benzene rings is 1. The summed E-state index contributed by atoms with van der Waals surface area (Å²) in [6.07, 6.45) is 2.13. The Hall–Kier alpha value is -0.730. The third-order valence-electron chi connectivity index (χ3n) is 3.66. The minimum atomic E-state index is 0.178. The summed E-state index contributed by atoms with van der Waals surface area (Å²) in [5.74, 6) is 0.750. The lowest BCUT2D eigenvalue weighted by Crippen LogP contribution is -2.27. The molecule has 1 aliphatic rings. The third-order valence-corrected chi connectivity index (χ3v) is 3.97. The second-order valence-corrected chi connectivity index (χ2v) is 6.22. The van der Waals surface area contributed by atoms with Gasteiger partial charge in [-0.2, -0.15) is 0 Å². The fourth-order valence-electron chi connectivity index (χ4n) is 2.92. The Morgan fingerprint density at radius 3 is 2.67 bits per heavy atom. The highest BCUT2D eigenvalue weighted by Crippen LogP contribution is 2.34. The number of nitrogens with zero attached hydrogens (tertiary/aromatic N) is 1. The van der Waals surface area contributed by atoms with Crippen LogP contribution in [-0.4, -0.2) is 18.6 Å². The average Bonchev–Trinajstić information content (AvgIpc) is 2.57. The van der Waals surface area contributed by atoms with Crippen LogP contribution in [0.4, 0.5) is 5.69 Å². The topological polar surface area (TPSA) is 29.3 Å². The number of nitrogens with two attached hydrogens (primary N) is 1. The minimum Gasteiger partial charge on any atom is -0.367 e. The van der Waals surface area contributed by atoms with Crippen LogP contribution in [-0.2, 0) is 6.42 Å². The van der Waals surface area contributed by atoms with E-state index in [4.69, 9.17) is 17.3 Å². The summed E-state index contributed by atoms with van der Waals surface area (Å²) in [6.45, 7) is 7.70. The molecule has 2 rings (SSSR count). The molecule has 0 radical (unpaired) electrons. The number of hydrogen-bond donors (Lipinski definition) is 1. The summed E-state index contributed by atoms with van der Waals surface area (Å²) in [4.78, 5) is 2.42. The molecule has 0 amide bonds. The molecule has 3 heteroatoms. The van der Waals surface area contributed by atoms with Gasteiger partial charge in [0.25, 0.3) is 0 Å². The van der Waals surface area contributed by atoms with Gasteiger partial charge in [0.15, 0.2) is 0 Å². The second-order valence-electron chi connectivity index (χ2n) is 5.81. The van der Waals surface area contributed by atoms with Crippen molar-refractivity contribution in [3.63, 3.8) is 0 Å². The van der Waals surface area contributed by atoms with Crippen molar-refractivity contribution in [3.8, 4) is 0 Å². The lowest BCUT2D eigenvalue weighted by Gasteiger charge is -2.25. The maximum absolute atomic E-state index is 6.42. The molecular weight excluding hydrogens is 244 g/mol. The number of anilines is 1. The number of rotatable bonds is 3.